The summed E-state index contributed by atoms with van der Waals surface area (Å²) in [6.45, 7) is 11.3. The van der Waals surface area contributed by atoms with Crippen molar-refractivity contribution in [3.63, 3.8) is 0 Å². The largest absolute Gasteiger partial charge is 0.462 e. The maximum Gasteiger partial charge on any atom is 0.306 e. The van der Waals surface area contributed by atoms with Crippen LogP contribution in [0.2, 0.25) is 0 Å². The van der Waals surface area contributed by atoms with E-state index in [1.54, 1.807) is 0 Å². The average Bonchev–Trinajstić information content (AvgIpc) is 3.16. The minimum absolute atomic E-state index is 0.0654. The molecule has 0 heterocycles. The SMILES string of the molecule is CCCCCCCCCCCCCCCCCCCCC(=O)OC[C@@H](COC(=O)CCCCCCCCCC(C)C)OC(=O)CCCCCCCCCC(C)C. The standard InChI is InChI=1S/C50H96O6/c1-6-7-8-9-10-11-12-13-14-15-16-17-18-19-20-25-30-35-40-48(51)54-43-47(56-50(53)42-37-32-27-22-24-29-34-39-46(4)5)44-55-49(52)41-36-31-26-21-23-28-33-38-45(2)3/h45-47H,6-44H2,1-5H3/t47-/m0/s1. The van der Waals surface area contributed by atoms with Crippen molar-refractivity contribution in [2.45, 2.75) is 278 Å². The molecule has 0 bridgehead atoms. The number of ether oxygens (including phenoxy) is 3. The predicted molar refractivity (Wildman–Crippen MR) is 238 cm³/mol. The first-order valence-electron chi connectivity index (χ1n) is 24.7. The Labute approximate surface area is 348 Å². The van der Waals surface area contributed by atoms with Crippen molar-refractivity contribution in [3.05, 3.63) is 0 Å². The van der Waals surface area contributed by atoms with Gasteiger partial charge >= 0.3 is 17.9 Å². The van der Waals surface area contributed by atoms with Crippen LogP contribution in [0.1, 0.15) is 272 Å². The number of esters is 3. The molecule has 0 fully saturated rings. The molecule has 0 saturated heterocycles. The smallest absolute Gasteiger partial charge is 0.306 e. The summed E-state index contributed by atoms with van der Waals surface area (Å²) in [7, 11) is 0. The van der Waals surface area contributed by atoms with Crippen molar-refractivity contribution in [2.75, 3.05) is 13.2 Å². The van der Waals surface area contributed by atoms with E-state index in [1.807, 2.05) is 0 Å². The Morgan fingerprint density at radius 3 is 0.875 bits per heavy atom. The van der Waals surface area contributed by atoms with Gasteiger partial charge in [0.15, 0.2) is 6.10 Å². The molecule has 1 atom stereocenters. The molecule has 0 rings (SSSR count). The second-order valence-electron chi connectivity index (χ2n) is 18.1. The molecule has 6 nitrogen and oxygen atoms in total. The van der Waals surface area contributed by atoms with Crippen LogP contribution in [0.15, 0.2) is 0 Å². The van der Waals surface area contributed by atoms with Crippen molar-refractivity contribution in [1.82, 2.24) is 0 Å². The number of rotatable bonds is 44. The molecule has 0 radical (unpaired) electrons. The molecule has 0 spiro atoms. The number of unbranched alkanes of at least 4 members (excludes halogenated alkanes) is 29. The van der Waals surface area contributed by atoms with Gasteiger partial charge in [0.05, 0.1) is 0 Å². The van der Waals surface area contributed by atoms with Crippen LogP contribution in [-0.2, 0) is 28.6 Å². The first-order valence-corrected chi connectivity index (χ1v) is 24.7. The molecule has 0 aliphatic rings. The van der Waals surface area contributed by atoms with E-state index in [9.17, 15) is 14.4 Å². The van der Waals surface area contributed by atoms with Crippen LogP contribution in [0.5, 0.6) is 0 Å². The highest BCUT2D eigenvalue weighted by Crippen LogP contribution is 2.17. The van der Waals surface area contributed by atoms with E-state index < -0.39 is 6.10 Å². The lowest BCUT2D eigenvalue weighted by molar-refractivity contribution is -0.167. The van der Waals surface area contributed by atoms with E-state index in [1.165, 1.54) is 161 Å². The van der Waals surface area contributed by atoms with Gasteiger partial charge in [-0.05, 0) is 31.1 Å². The molecule has 0 saturated carbocycles. The summed E-state index contributed by atoms with van der Waals surface area (Å²) >= 11 is 0. The monoisotopic (exact) mass is 793 g/mol. The minimum Gasteiger partial charge on any atom is -0.462 e. The highest BCUT2D eigenvalue weighted by atomic mass is 16.6. The first kappa shape index (κ1) is 54.4. The maximum absolute atomic E-state index is 12.7. The van der Waals surface area contributed by atoms with Crippen molar-refractivity contribution in [2.24, 2.45) is 11.8 Å². The Hall–Kier alpha value is -1.59. The molecular formula is C50H96O6. The third-order valence-corrected chi connectivity index (χ3v) is 11.2. The van der Waals surface area contributed by atoms with E-state index in [0.29, 0.717) is 19.3 Å². The van der Waals surface area contributed by atoms with Gasteiger partial charge in [0.1, 0.15) is 13.2 Å². The fourth-order valence-corrected chi connectivity index (χ4v) is 7.46. The number of hydrogen-bond acceptors (Lipinski definition) is 6. The van der Waals surface area contributed by atoms with Crippen LogP contribution in [0, 0.1) is 11.8 Å². The highest BCUT2D eigenvalue weighted by Gasteiger charge is 2.19. The Morgan fingerprint density at radius 2 is 0.589 bits per heavy atom. The van der Waals surface area contributed by atoms with Gasteiger partial charge in [0, 0.05) is 19.3 Å². The summed E-state index contributed by atoms with van der Waals surface area (Å²) in [5.74, 6) is 0.701. The van der Waals surface area contributed by atoms with E-state index >= 15 is 0 Å². The molecule has 0 aromatic rings. The molecule has 332 valence electrons. The molecular weight excluding hydrogens is 697 g/mol. The van der Waals surface area contributed by atoms with Gasteiger partial charge in [-0.3, -0.25) is 14.4 Å². The van der Waals surface area contributed by atoms with Crippen LogP contribution in [0.4, 0.5) is 0 Å². The predicted octanol–water partition coefficient (Wildman–Crippen LogP) is 15.8. The molecule has 0 aliphatic heterocycles. The van der Waals surface area contributed by atoms with Crippen molar-refractivity contribution < 1.29 is 28.6 Å². The Balaban J connectivity index is 4.23. The number of carbonyl (C=O) groups excluding carboxylic acids is 3. The Morgan fingerprint density at radius 1 is 0.339 bits per heavy atom. The minimum atomic E-state index is -0.762. The van der Waals surface area contributed by atoms with Gasteiger partial charge in [0.25, 0.3) is 0 Å². The van der Waals surface area contributed by atoms with E-state index in [0.717, 1.165) is 69.6 Å². The van der Waals surface area contributed by atoms with E-state index in [-0.39, 0.29) is 31.1 Å². The van der Waals surface area contributed by atoms with Crippen LogP contribution >= 0.6 is 0 Å². The third kappa shape index (κ3) is 43.5. The summed E-state index contributed by atoms with van der Waals surface area (Å²) in [6, 6.07) is 0. The van der Waals surface area contributed by atoms with Crippen LogP contribution in [0.25, 0.3) is 0 Å². The van der Waals surface area contributed by atoms with Gasteiger partial charge in [-0.15, -0.1) is 0 Å². The summed E-state index contributed by atoms with van der Waals surface area (Å²) in [5.41, 5.74) is 0. The lowest BCUT2D eigenvalue weighted by Crippen LogP contribution is -2.30. The first-order chi connectivity index (χ1) is 27.2. The lowest BCUT2D eigenvalue weighted by Gasteiger charge is -2.18. The molecule has 56 heavy (non-hydrogen) atoms. The fraction of sp³-hybridized carbons (Fsp3) is 0.940. The van der Waals surface area contributed by atoms with Gasteiger partial charge < -0.3 is 14.2 Å². The van der Waals surface area contributed by atoms with Crippen molar-refractivity contribution >= 4 is 17.9 Å². The van der Waals surface area contributed by atoms with Gasteiger partial charge in [-0.1, -0.05) is 234 Å². The third-order valence-electron chi connectivity index (χ3n) is 11.2. The number of hydrogen-bond donors (Lipinski definition) is 0. The molecule has 0 N–H and O–H groups in total. The topological polar surface area (TPSA) is 78.9 Å². The van der Waals surface area contributed by atoms with Gasteiger partial charge in [-0.25, -0.2) is 0 Å². The zero-order chi connectivity index (χ0) is 41.2. The zero-order valence-electron chi connectivity index (χ0n) is 38.3. The summed E-state index contributed by atoms with van der Waals surface area (Å²) in [4.78, 5) is 37.8. The Bertz CT molecular complexity index is 854. The number of carbonyl (C=O) groups is 3. The fourth-order valence-electron chi connectivity index (χ4n) is 7.46. The molecule has 0 aromatic heterocycles. The maximum atomic E-state index is 12.7. The molecule has 6 heteroatoms. The Kier molecular flexibility index (Phi) is 41.8. The molecule has 0 amide bonds. The average molecular weight is 793 g/mol. The molecule has 0 aromatic carbocycles. The second-order valence-corrected chi connectivity index (χ2v) is 18.1. The molecule has 0 unspecified atom stereocenters. The van der Waals surface area contributed by atoms with Crippen molar-refractivity contribution in [3.8, 4) is 0 Å². The van der Waals surface area contributed by atoms with Gasteiger partial charge in [-0.2, -0.15) is 0 Å². The second kappa shape index (κ2) is 43.0. The van der Waals surface area contributed by atoms with Crippen LogP contribution < -0.4 is 0 Å². The molecule has 0 aliphatic carbocycles. The zero-order valence-corrected chi connectivity index (χ0v) is 38.3. The summed E-state index contributed by atoms with van der Waals surface area (Å²) in [5, 5.41) is 0. The van der Waals surface area contributed by atoms with E-state index in [2.05, 4.69) is 34.6 Å². The normalized spacial score (nSPS) is 12.1. The quantitative estimate of drug-likeness (QED) is 0.0347. The van der Waals surface area contributed by atoms with Gasteiger partial charge in [0.2, 0.25) is 0 Å². The lowest BCUT2D eigenvalue weighted by atomic mass is 10.0. The summed E-state index contributed by atoms with van der Waals surface area (Å²) in [6.07, 6.45) is 42.5. The highest BCUT2D eigenvalue weighted by molar-refractivity contribution is 5.71. The van der Waals surface area contributed by atoms with E-state index in [4.69, 9.17) is 14.2 Å². The summed E-state index contributed by atoms with van der Waals surface area (Å²) < 4.78 is 16.7. The van der Waals surface area contributed by atoms with Crippen LogP contribution in [0.3, 0.4) is 0 Å². The van der Waals surface area contributed by atoms with Crippen LogP contribution in [-0.4, -0.2) is 37.2 Å². The van der Waals surface area contributed by atoms with Crippen molar-refractivity contribution in [1.29, 1.82) is 0 Å².